The van der Waals surface area contributed by atoms with Gasteiger partial charge in [0, 0.05) is 18.5 Å². The van der Waals surface area contributed by atoms with Gasteiger partial charge in [-0.15, -0.1) is 0 Å². The highest BCUT2D eigenvalue weighted by Gasteiger charge is 2.67. The molecule has 11 atom stereocenters. The number of sulfonamides is 1. The molecule has 7 rings (SSSR count). The first-order chi connectivity index (χ1) is 27.2. The molecular formula is C39H53F3N6O9S. The Balaban J connectivity index is 1.26. The lowest BCUT2D eigenvalue weighted by Crippen LogP contribution is -2.63. The maximum atomic E-state index is 16.3. The van der Waals surface area contributed by atoms with Crippen molar-refractivity contribution < 1.29 is 55.3 Å². The number of methoxy groups -OCH3 is 1. The molecule has 3 unspecified atom stereocenters. The second kappa shape index (κ2) is 15.2. The van der Waals surface area contributed by atoms with Gasteiger partial charge in [0.1, 0.15) is 41.6 Å². The van der Waals surface area contributed by atoms with Crippen LogP contribution in [0.1, 0.15) is 97.9 Å². The van der Waals surface area contributed by atoms with Crippen molar-refractivity contribution in [1.82, 2.24) is 30.2 Å². The zero-order chi connectivity index (χ0) is 42.1. The summed E-state index contributed by atoms with van der Waals surface area (Å²) >= 11 is 0. The van der Waals surface area contributed by atoms with Crippen molar-refractivity contribution in [2.75, 3.05) is 13.7 Å². The van der Waals surface area contributed by atoms with E-state index in [1.54, 1.807) is 45.9 Å². The van der Waals surface area contributed by atoms with E-state index in [-0.39, 0.29) is 49.4 Å². The standard InChI is InChI=1S/C39H53F3N6O9S/c1-19-27-18-48(29(19)32(49)46-39(17-22(39)31(41)42)35(51)47-58(53,54)38(5)13-14-38)34(50)30(37(2,3)4)45-36(52)57-26-15-20(26)9-7-8-10-23(40)28-33(56-27)44-25-16-21(55-6)11-12-24(25)43-28/h11-12,16,19-20,22-23,26-27,29-31,34,50H,7-10,13-15,17-18H2,1-6H3,(H,45,52)(H,46,49)(H,47,51)/t19-,20-,22+,23?,26-,27+,29+,30-,34?,39-/m1/s1. The van der Waals surface area contributed by atoms with Gasteiger partial charge in [0.2, 0.25) is 28.2 Å². The molecule has 2 aliphatic heterocycles. The Labute approximate surface area is 335 Å². The Morgan fingerprint density at radius 1 is 1.10 bits per heavy atom. The number of halogens is 3. The van der Waals surface area contributed by atoms with Gasteiger partial charge < -0.3 is 30.0 Å². The first-order valence-corrected chi connectivity index (χ1v) is 21.4. The number of aliphatic hydroxyl groups is 1. The number of nitrogens with one attached hydrogen (secondary N) is 3. The Bertz CT molecular complexity index is 2050. The number of carbonyl (C=O) groups is 3. The molecule has 320 valence electrons. The number of fused-ring (bicyclic) bond motifs is 5. The van der Waals surface area contributed by atoms with Gasteiger partial charge in [0.05, 0.1) is 40.9 Å². The minimum Gasteiger partial charge on any atom is -0.497 e. The molecule has 2 aromatic rings. The fourth-order valence-electron chi connectivity index (χ4n) is 8.28. The summed E-state index contributed by atoms with van der Waals surface area (Å²) in [6, 6.07) is 2.45. The summed E-state index contributed by atoms with van der Waals surface area (Å²) in [4.78, 5) is 52.1. The Hall–Kier alpha value is -3.97. The smallest absolute Gasteiger partial charge is 0.407 e. The first-order valence-electron chi connectivity index (χ1n) is 19.9. The Kier molecular flexibility index (Phi) is 11.1. The fourth-order valence-corrected chi connectivity index (χ4v) is 9.60. The van der Waals surface area contributed by atoms with E-state index in [9.17, 15) is 36.7 Å². The van der Waals surface area contributed by atoms with E-state index in [0.29, 0.717) is 42.5 Å². The minimum absolute atomic E-state index is 0.0580. The van der Waals surface area contributed by atoms with Crippen LogP contribution in [-0.4, -0.2) is 107 Å². The molecule has 1 aromatic heterocycles. The number of alkyl halides is 3. The lowest BCUT2D eigenvalue weighted by Gasteiger charge is -2.40. The monoisotopic (exact) mass is 838 g/mol. The van der Waals surface area contributed by atoms with Gasteiger partial charge in [-0.2, -0.15) is 0 Å². The number of aliphatic hydroxyl groups excluding tert-OH is 1. The van der Waals surface area contributed by atoms with Gasteiger partial charge in [0.25, 0.3) is 5.91 Å². The zero-order valence-corrected chi connectivity index (χ0v) is 34.3. The van der Waals surface area contributed by atoms with E-state index in [1.807, 2.05) is 4.72 Å². The number of aromatic nitrogens is 2. The number of alkyl carbamates (subject to hydrolysis) is 1. The summed E-state index contributed by atoms with van der Waals surface area (Å²) in [6.45, 7) is 8.12. The van der Waals surface area contributed by atoms with Crippen LogP contribution in [0.25, 0.3) is 11.0 Å². The molecule has 3 saturated carbocycles. The number of hydrogen-bond acceptors (Lipinski definition) is 12. The Morgan fingerprint density at radius 2 is 1.81 bits per heavy atom. The number of nitrogens with zero attached hydrogens (tertiary/aromatic N) is 3. The highest BCUT2D eigenvalue weighted by atomic mass is 32.2. The summed E-state index contributed by atoms with van der Waals surface area (Å²) in [5.74, 6) is -4.42. The van der Waals surface area contributed by atoms with Crippen molar-refractivity contribution >= 4 is 39.0 Å². The number of ether oxygens (including phenoxy) is 3. The molecular weight excluding hydrogens is 786 g/mol. The number of amides is 3. The number of benzene rings is 1. The normalized spacial score (nSPS) is 34.8. The van der Waals surface area contributed by atoms with Crippen LogP contribution in [0.3, 0.4) is 0 Å². The van der Waals surface area contributed by atoms with E-state index in [0.717, 1.165) is 0 Å². The topological polar surface area (TPSA) is 198 Å². The van der Waals surface area contributed by atoms with Gasteiger partial charge >= 0.3 is 6.09 Å². The third kappa shape index (κ3) is 8.14. The van der Waals surface area contributed by atoms with Gasteiger partial charge in [0.15, 0.2) is 0 Å². The van der Waals surface area contributed by atoms with Crippen molar-refractivity contribution in [1.29, 1.82) is 0 Å². The van der Waals surface area contributed by atoms with Crippen LogP contribution in [0.5, 0.6) is 11.6 Å². The van der Waals surface area contributed by atoms with Crippen LogP contribution < -0.4 is 24.8 Å². The highest BCUT2D eigenvalue weighted by Crippen LogP contribution is 2.50. The summed E-state index contributed by atoms with van der Waals surface area (Å²) in [5.41, 5.74) is -2.45. The summed E-state index contributed by atoms with van der Waals surface area (Å²) in [6.07, 6.45) is -5.81. The molecule has 58 heavy (non-hydrogen) atoms. The molecule has 1 aromatic carbocycles. The molecule has 5 aliphatic rings. The van der Waals surface area contributed by atoms with Crippen LogP contribution in [0.2, 0.25) is 0 Å². The van der Waals surface area contributed by atoms with Crippen molar-refractivity contribution in [2.45, 2.75) is 139 Å². The fraction of sp³-hybridized carbons (Fsp3) is 0.718. The number of rotatable bonds is 7. The first kappa shape index (κ1) is 42.2. The van der Waals surface area contributed by atoms with E-state index in [2.05, 4.69) is 20.6 Å². The largest absolute Gasteiger partial charge is 0.497 e. The summed E-state index contributed by atoms with van der Waals surface area (Å²) in [5, 5.41) is 17.5. The zero-order valence-electron chi connectivity index (χ0n) is 33.5. The minimum atomic E-state index is -4.26. The SMILES string of the molecule is COc1ccc2nc3c(nc2c1)O[C@H]1CN(C(O)[C@H](C(C)(C)C)NC(=O)O[C@@H]2C[C@H]2CCCCC3F)[C@H](C(=O)N[C@]2(C(=O)NS(=O)(=O)C3(C)CC3)C[C@H]2C(F)F)[C@@H]1C. The van der Waals surface area contributed by atoms with Gasteiger partial charge in [-0.3, -0.25) is 19.2 Å². The lowest BCUT2D eigenvalue weighted by atomic mass is 9.85. The van der Waals surface area contributed by atoms with Crippen molar-refractivity contribution in [3.8, 4) is 11.6 Å². The van der Waals surface area contributed by atoms with Crippen LogP contribution in [0, 0.1) is 23.2 Å². The molecule has 2 bridgehead atoms. The maximum Gasteiger partial charge on any atom is 0.407 e. The van der Waals surface area contributed by atoms with Crippen LogP contribution >= 0.6 is 0 Å². The molecule has 15 nitrogen and oxygen atoms in total. The van der Waals surface area contributed by atoms with Crippen molar-refractivity contribution in [3.05, 3.63) is 23.9 Å². The van der Waals surface area contributed by atoms with E-state index in [1.165, 1.54) is 18.9 Å². The molecule has 0 radical (unpaired) electrons. The molecule has 0 spiro atoms. The average Bonchev–Trinajstić information content (AvgIpc) is 4.10. The third-order valence-electron chi connectivity index (χ3n) is 12.7. The van der Waals surface area contributed by atoms with Gasteiger partial charge in [-0.05, 0) is 68.9 Å². The second-order valence-electron chi connectivity index (χ2n) is 18.0. The van der Waals surface area contributed by atoms with E-state index < -0.39 is 98.9 Å². The third-order valence-corrected chi connectivity index (χ3v) is 14.8. The molecule has 1 saturated heterocycles. The summed E-state index contributed by atoms with van der Waals surface area (Å²) < 4.78 is 89.2. The molecule has 3 heterocycles. The summed E-state index contributed by atoms with van der Waals surface area (Å²) in [7, 11) is -2.78. The second-order valence-corrected chi connectivity index (χ2v) is 20.2. The number of hydrogen-bond donors (Lipinski definition) is 4. The van der Waals surface area contributed by atoms with Crippen molar-refractivity contribution in [2.24, 2.45) is 23.2 Å². The highest BCUT2D eigenvalue weighted by molar-refractivity contribution is 7.91. The molecule has 4 fully saturated rings. The van der Waals surface area contributed by atoms with E-state index in [4.69, 9.17) is 14.2 Å². The molecule has 3 amide bonds. The molecule has 4 N–H and O–H groups in total. The predicted molar refractivity (Wildman–Crippen MR) is 203 cm³/mol. The van der Waals surface area contributed by atoms with E-state index >= 15 is 4.39 Å². The van der Waals surface area contributed by atoms with Crippen LogP contribution in [0.15, 0.2) is 18.2 Å². The quantitative estimate of drug-likeness (QED) is 0.310. The average molecular weight is 839 g/mol. The van der Waals surface area contributed by atoms with Gasteiger partial charge in [-0.25, -0.2) is 36.4 Å². The predicted octanol–water partition coefficient (Wildman–Crippen LogP) is 4.28. The number of carbonyl (C=O) groups excluding carboxylic acids is 3. The van der Waals surface area contributed by atoms with Crippen molar-refractivity contribution in [3.63, 3.8) is 0 Å². The Morgan fingerprint density at radius 3 is 2.45 bits per heavy atom. The van der Waals surface area contributed by atoms with Gasteiger partial charge in [-0.1, -0.05) is 40.5 Å². The maximum absolute atomic E-state index is 16.3. The molecule has 3 aliphatic carbocycles. The molecule has 19 heteroatoms. The lowest BCUT2D eigenvalue weighted by molar-refractivity contribution is -0.138. The van der Waals surface area contributed by atoms with Crippen LogP contribution in [-0.2, 0) is 24.3 Å². The van der Waals surface area contributed by atoms with Crippen LogP contribution in [0.4, 0.5) is 18.0 Å².